The largest absolute Gasteiger partial charge is 0.302 e. The van der Waals surface area contributed by atoms with Gasteiger partial charge in [0.15, 0.2) is 0 Å². The molecule has 0 rings (SSSR count). The smallest absolute Gasteiger partial charge is 0.132 e. The van der Waals surface area contributed by atoms with E-state index in [0.29, 0.717) is 11.7 Å². The van der Waals surface area contributed by atoms with E-state index in [-0.39, 0.29) is 5.75 Å². The van der Waals surface area contributed by atoms with Gasteiger partial charge in [0, 0.05) is 16.6 Å². The minimum Gasteiger partial charge on any atom is -0.302 e. The Kier molecular flexibility index (Phi) is 5.49. The molecule has 2 unspecified atom stereocenters. The molecule has 0 saturated carbocycles. The Labute approximate surface area is 64.5 Å². The monoisotopic (exact) mass is 162 g/mol. The highest BCUT2D eigenvalue weighted by atomic mass is 32.2. The maximum atomic E-state index is 10.9. The third kappa shape index (κ3) is 4.68. The number of hydrogen-bond donors (Lipinski definition) is 0. The molecule has 0 N–H and O–H groups in total. The second-order valence-corrected chi connectivity index (χ2v) is 4.00. The zero-order valence-corrected chi connectivity index (χ0v) is 7.32. The van der Waals surface area contributed by atoms with Crippen LogP contribution in [0.1, 0.15) is 20.3 Å². The average Bonchev–Trinajstić information content (AvgIpc) is 1.88. The fraction of sp³-hybridized carbons (Fsp3) is 0.857. The maximum absolute atomic E-state index is 10.9. The van der Waals surface area contributed by atoms with E-state index >= 15 is 0 Å². The molecule has 0 aromatic rings. The molecule has 0 radical (unpaired) electrons. The van der Waals surface area contributed by atoms with E-state index in [9.17, 15) is 9.00 Å². The lowest BCUT2D eigenvalue weighted by Gasteiger charge is -2.04. The van der Waals surface area contributed by atoms with E-state index in [1.807, 2.05) is 6.92 Å². The first-order chi connectivity index (χ1) is 4.70. The molecule has 3 heteroatoms. The molecule has 0 aliphatic heterocycles. The molecular formula is C7H14O2S. The van der Waals surface area contributed by atoms with Crippen LogP contribution in [-0.2, 0) is 15.6 Å². The van der Waals surface area contributed by atoms with Gasteiger partial charge in [-0.25, -0.2) is 0 Å². The van der Waals surface area contributed by atoms with Crippen LogP contribution in [0.5, 0.6) is 0 Å². The summed E-state index contributed by atoms with van der Waals surface area (Å²) < 4.78 is 10.9. The van der Waals surface area contributed by atoms with Crippen molar-refractivity contribution in [2.24, 2.45) is 5.92 Å². The number of hydrogen-bond acceptors (Lipinski definition) is 2. The van der Waals surface area contributed by atoms with Gasteiger partial charge in [-0.05, 0) is 5.92 Å². The van der Waals surface area contributed by atoms with Crippen LogP contribution in [0.2, 0.25) is 0 Å². The maximum Gasteiger partial charge on any atom is 0.132 e. The lowest BCUT2D eigenvalue weighted by atomic mass is 10.2. The molecule has 0 saturated heterocycles. The van der Waals surface area contributed by atoms with Crippen molar-refractivity contribution in [3.63, 3.8) is 0 Å². The van der Waals surface area contributed by atoms with Crippen LogP contribution in [0.3, 0.4) is 0 Å². The van der Waals surface area contributed by atoms with Gasteiger partial charge in [-0.1, -0.05) is 20.3 Å². The summed E-state index contributed by atoms with van der Waals surface area (Å²) in [6.07, 6.45) is 1.75. The van der Waals surface area contributed by atoms with E-state index in [4.69, 9.17) is 0 Å². The van der Waals surface area contributed by atoms with E-state index in [1.165, 1.54) is 0 Å². The minimum absolute atomic E-state index is 0.199. The van der Waals surface area contributed by atoms with E-state index in [2.05, 4.69) is 6.92 Å². The molecule has 0 heterocycles. The Morgan fingerprint density at radius 2 is 2.20 bits per heavy atom. The molecule has 2 atom stereocenters. The number of aldehydes is 1. The Morgan fingerprint density at radius 1 is 1.60 bits per heavy atom. The fourth-order valence-electron chi connectivity index (χ4n) is 0.579. The molecule has 0 spiro atoms. The molecule has 2 nitrogen and oxygen atoms in total. The third-order valence-corrected chi connectivity index (χ3v) is 2.87. The summed E-state index contributed by atoms with van der Waals surface area (Å²) in [5.74, 6) is 1.33. The van der Waals surface area contributed by atoms with Crippen LogP contribution >= 0.6 is 0 Å². The lowest BCUT2D eigenvalue weighted by molar-refractivity contribution is -0.105. The highest BCUT2D eigenvalue weighted by Gasteiger charge is 2.03. The first-order valence-corrected chi connectivity index (χ1v) is 4.98. The molecule has 0 aromatic carbocycles. The van der Waals surface area contributed by atoms with Gasteiger partial charge in [-0.15, -0.1) is 0 Å². The van der Waals surface area contributed by atoms with Gasteiger partial charge in [0.2, 0.25) is 0 Å². The van der Waals surface area contributed by atoms with Gasteiger partial charge in [0.05, 0.1) is 5.75 Å². The Balaban J connectivity index is 3.46. The minimum atomic E-state index is -0.918. The molecule has 0 fully saturated rings. The first-order valence-electron chi connectivity index (χ1n) is 3.49. The summed E-state index contributed by atoms with van der Waals surface area (Å²) in [5, 5.41) is 0. The van der Waals surface area contributed by atoms with Crippen molar-refractivity contribution in [2.75, 3.05) is 11.5 Å². The quantitative estimate of drug-likeness (QED) is 0.565. The normalized spacial score (nSPS) is 16.2. The Morgan fingerprint density at radius 3 is 2.60 bits per heavy atom. The van der Waals surface area contributed by atoms with Crippen LogP contribution in [0.15, 0.2) is 0 Å². The molecule has 0 bridgehead atoms. The van der Waals surface area contributed by atoms with E-state index in [1.54, 1.807) is 0 Å². The van der Waals surface area contributed by atoms with Crippen molar-refractivity contribution in [1.29, 1.82) is 0 Å². The Hall–Kier alpha value is -0.180. The fourth-order valence-corrected chi connectivity index (χ4v) is 1.74. The van der Waals surface area contributed by atoms with E-state index in [0.717, 1.165) is 12.7 Å². The summed E-state index contributed by atoms with van der Waals surface area (Å²) in [6.45, 7) is 4.10. The van der Waals surface area contributed by atoms with Crippen LogP contribution < -0.4 is 0 Å². The third-order valence-electron chi connectivity index (χ3n) is 1.42. The molecule has 0 amide bonds. The summed E-state index contributed by atoms with van der Waals surface area (Å²) in [7, 11) is -0.918. The standard InChI is InChI=1S/C7H14O2S/c1-3-7(2)6-10(9)5-4-8/h4,7H,3,5-6H2,1-2H3. The van der Waals surface area contributed by atoms with Crippen LogP contribution in [0.4, 0.5) is 0 Å². The average molecular weight is 162 g/mol. The lowest BCUT2D eigenvalue weighted by Crippen LogP contribution is -2.10. The van der Waals surface area contributed by atoms with Crippen molar-refractivity contribution in [1.82, 2.24) is 0 Å². The van der Waals surface area contributed by atoms with Gasteiger partial charge in [-0.2, -0.15) is 0 Å². The molecule has 0 aliphatic rings. The summed E-state index contributed by atoms with van der Waals surface area (Å²) in [5.41, 5.74) is 0. The van der Waals surface area contributed by atoms with Crippen molar-refractivity contribution < 1.29 is 9.00 Å². The molecule has 0 aromatic heterocycles. The van der Waals surface area contributed by atoms with Crippen molar-refractivity contribution in [3.05, 3.63) is 0 Å². The zero-order chi connectivity index (χ0) is 7.98. The van der Waals surface area contributed by atoms with E-state index < -0.39 is 10.8 Å². The van der Waals surface area contributed by atoms with Crippen LogP contribution in [0.25, 0.3) is 0 Å². The summed E-state index contributed by atoms with van der Waals surface area (Å²) in [4.78, 5) is 9.89. The van der Waals surface area contributed by atoms with Crippen LogP contribution in [-0.4, -0.2) is 22.0 Å². The molecule has 60 valence electrons. The van der Waals surface area contributed by atoms with Gasteiger partial charge >= 0.3 is 0 Å². The SMILES string of the molecule is CCC(C)CS(=O)CC=O. The van der Waals surface area contributed by atoms with Gasteiger partial charge in [0.25, 0.3) is 0 Å². The first kappa shape index (κ1) is 9.82. The predicted molar refractivity (Wildman–Crippen MR) is 43.4 cm³/mol. The van der Waals surface area contributed by atoms with Gasteiger partial charge in [-0.3, -0.25) is 4.21 Å². The second kappa shape index (κ2) is 5.59. The summed E-state index contributed by atoms with van der Waals surface area (Å²) >= 11 is 0. The number of carbonyl (C=O) groups is 1. The van der Waals surface area contributed by atoms with Crippen molar-refractivity contribution in [2.45, 2.75) is 20.3 Å². The zero-order valence-electron chi connectivity index (χ0n) is 6.50. The number of carbonyl (C=O) groups excluding carboxylic acids is 1. The van der Waals surface area contributed by atoms with Gasteiger partial charge < -0.3 is 4.79 Å². The highest BCUT2D eigenvalue weighted by Crippen LogP contribution is 2.01. The van der Waals surface area contributed by atoms with Crippen LogP contribution in [0, 0.1) is 5.92 Å². The topological polar surface area (TPSA) is 34.1 Å². The molecular weight excluding hydrogens is 148 g/mol. The predicted octanol–water partition coefficient (Wildman–Crippen LogP) is 0.980. The van der Waals surface area contributed by atoms with Crippen molar-refractivity contribution in [3.8, 4) is 0 Å². The number of rotatable bonds is 5. The highest BCUT2D eigenvalue weighted by molar-refractivity contribution is 7.85. The summed E-state index contributed by atoms with van der Waals surface area (Å²) in [6, 6.07) is 0. The van der Waals surface area contributed by atoms with Crippen molar-refractivity contribution >= 4 is 17.1 Å². The van der Waals surface area contributed by atoms with Gasteiger partial charge in [0.1, 0.15) is 6.29 Å². The second-order valence-electron chi connectivity index (χ2n) is 2.45. The Bertz CT molecular complexity index is 123. The molecule has 10 heavy (non-hydrogen) atoms. The molecule has 0 aliphatic carbocycles.